The number of Topliss-reactive ketones (excluding diaryl/α,β-unsaturated/α-hetero) is 1. The Kier molecular flexibility index (Phi) is 1.92. The van der Waals surface area contributed by atoms with Crippen LogP contribution in [0.1, 0.15) is 17.4 Å². The molecule has 0 atom stereocenters. The van der Waals surface area contributed by atoms with E-state index in [1.54, 1.807) is 12.1 Å². The van der Waals surface area contributed by atoms with E-state index in [0.717, 1.165) is 5.52 Å². The summed E-state index contributed by atoms with van der Waals surface area (Å²) >= 11 is 0. The number of carbonyl (C=O) groups excluding carboxylic acids is 1. The van der Waals surface area contributed by atoms with E-state index in [4.69, 9.17) is 4.74 Å². The first-order chi connectivity index (χ1) is 6.72. The molecule has 0 aliphatic rings. The van der Waals surface area contributed by atoms with Crippen molar-refractivity contribution in [3.63, 3.8) is 0 Å². The van der Waals surface area contributed by atoms with E-state index >= 15 is 0 Å². The fourth-order valence-electron chi connectivity index (χ4n) is 1.24. The highest BCUT2D eigenvalue weighted by Gasteiger charge is 2.11. The Balaban J connectivity index is 2.69. The Morgan fingerprint density at radius 1 is 1.50 bits per heavy atom. The number of aromatic amines is 1. The van der Waals surface area contributed by atoms with Gasteiger partial charge in [0, 0.05) is 13.0 Å². The van der Waals surface area contributed by atoms with E-state index < -0.39 is 0 Å². The number of ether oxygens (including phenoxy) is 1. The van der Waals surface area contributed by atoms with Crippen molar-refractivity contribution < 1.29 is 9.53 Å². The summed E-state index contributed by atoms with van der Waals surface area (Å²) in [6.45, 7) is 1.46. The fourth-order valence-corrected chi connectivity index (χ4v) is 1.24. The lowest BCUT2D eigenvalue weighted by Gasteiger charge is -1.97. The Morgan fingerprint density at radius 3 is 2.93 bits per heavy atom. The molecule has 0 aromatic carbocycles. The number of fused-ring (bicyclic) bond motifs is 1. The Bertz CT molecular complexity index is 490. The summed E-state index contributed by atoms with van der Waals surface area (Å²) in [5.41, 5.74) is 1.63. The molecular formula is C9H9N3O2. The summed E-state index contributed by atoms with van der Waals surface area (Å²) < 4.78 is 4.96. The molecule has 0 fully saturated rings. The third kappa shape index (κ3) is 1.22. The average Bonchev–Trinajstić information content (AvgIpc) is 2.59. The molecule has 0 aliphatic carbocycles. The lowest BCUT2D eigenvalue weighted by atomic mass is 10.2. The Labute approximate surface area is 80.1 Å². The highest BCUT2D eigenvalue weighted by molar-refractivity contribution is 6.03. The van der Waals surface area contributed by atoms with Gasteiger partial charge in [0.15, 0.2) is 11.5 Å². The van der Waals surface area contributed by atoms with Crippen LogP contribution in [0.4, 0.5) is 0 Å². The van der Waals surface area contributed by atoms with E-state index in [-0.39, 0.29) is 5.78 Å². The molecule has 0 radical (unpaired) electrons. The van der Waals surface area contributed by atoms with Gasteiger partial charge in [0.25, 0.3) is 0 Å². The number of nitrogens with one attached hydrogen (secondary N) is 1. The number of nitrogens with zero attached hydrogens (tertiary/aromatic N) is 2. The maximum Gasteiger partial charge on any atom is 0.213 e. The molecule has 2 heterocycles. The number of aromatic nitrogens is 3. The second-order valence-electron chi connectivity index (χ2n) is 2.88. The van der Waals surface area contributed by atoms with Crippen molar-refractivity contribution in [3.8, 4) is 5.88 Å². The molecule has 5 nitrogen and oxygen atoms in total. The van der Waals surface area contributed by atoms with Crippen molar-refractivity contribution in [2.75, 3.05) is 7.11 Å². The third-order valence-electron chi connectivity index (χ3n) is 1.92. The van der Waals surface area contributed by atoms with E-state index in [1.807, 2.05) is 0 Å². The lowest BCUT2D eigenvalue weighted by Crippen LogP contribution is -1.94. The van der Waals surface area contributed by atoms with Crippen LogP contribution in [-0.2, 0) is 0 Å². The molecule has 0 saturated heterocycles. The average molecular weight is 191 g/mol. The molecule has 0 amide bonds. The third-order valence-corrected chi connectivity index (χ3v) is 1.92. The molecule has 2 aromatic heterocycles. The summed E-state index contributed by atoms with van der Waals surface area (Å²) in [6, 6.07) is 3.49. The predicted octanol–water partition coefficient (Wildman–Crippen LogP) is 1.17. The largest absolute Gasteiger partial charge is 0.481 e. The zero-order chi connectivity index (χ0) is 10.1. The number of methoxy groups -OCH3 is 1. The van der Waals surface area contributed by atoms with Crippen LogP contribution in [-0.4, -0.2) is 28.1 Å². The van der Waals surface area contributed by atoms with Crippen LogP contribution in [0, 0.1) is 0 Å². The fraction of sp³-hybridized carbons (Fsp3) is 0.222. The Hall–Kier alpha value is -1.91. The van der Waals surface area contributed by atoms with Gasteiger partial charge >= 0.3 is 0 Å². The molecule has 0 aliphatic heterocycles. The van der Waals surface area contributed by atoms with E-state index in [1.165, 1.54) is 14.0 Å². The van der Waals surface area contributed by atoms with Gasteiger partial charge in [0.2, 0.25) is 5.88 Å². The highest BCUT2D eigenvalue weighted by Crippen LogP contribution is 2.17. The molecule has 2 aromatic rings. The van der Waals surface area contributed by atoms with Crippen molar-refractivity contribution in [1.82, 2.24) is 15.2 Å². The van der Waals surface area contributed by atoms with Gasteiger partial charge in [-0.2, -0.15) is 5.10 Å². The number of rotatable bonds is 2. The van der Waals surface area contributed by atoms with Crippen molar-refractivity contribution in [2.45, 2.75) is 6.92 Å². The van der Waals surface area contributed by atoms with Gasteiger partial charge < -0.3 is 4.74 Å². The van der Waals surface area contributed by atoms with Crippen molar-refractivity contribution in [2.24, 2.45) is 0 Å². The van der Waals surface area contributed by atoms with Gasteiger partial charge in [-0.05, 0) is 6.07 Å². The summed E-state index contributed by atoms with van der Waals surface area (Å²) in [6.07, 6.45) is 0. The minimum atomic E-state index is -0.114. The molecule has 72 valence electrons. The normalized spacial score (nSPS) is 10.4. The number of H-pyrrole nitrogens is 1. The van der Waals surface area contributed by atoms with Crippen molar-refractivity contribution in [3.05, 3.63) is 17.8 Å². The zero-order valence-corrected chi connectivity index (χ0v) is 7.87. The monoisotopic (exact) mass is 191 g/mol. The smallest absolute Gasteiger partial charge is 0.213 e. The van der Waals surface area contributed by atoms with Crippen LogP contribution >= 0.6 is 0 Å². The van der Waals surface area contributed by atoms with Crippen LogP contribution in [0.25, 0.3) is 11.0 Å². The number of pyridine rings is 1. The molecular weight excluding hydrogens is 182 g/mol. The minimum Gasteiger partial charge on any atom is -0.481 e. The molecule has 1 N–H and O–H groups in total. The summed E-state index contributed by atoms with van der Waals surface area (Å²) in [5.74, 6) is 0.360. The molecule has 14 heavy (non-hydrogen) atoms. The van der Waals surface area contributed by atoms with Crippen LogP contribution in [0.2, 0.25) is 0 Å². The second-order valence-corrected chi connectivity index (χ2v) is 2.88. The first-order valence-electron chi connectivity index (χ1n) is 4.12. The highest BCUT2D eigenvalue weighted by atomic mass is 16.5. The SMILES string of the molecule is COc1ccc2[nH]nc(C(C)=O)c2n1. The summed E-state index contributed by atoms with van der Waals surface area (Å²) in [7, 11) is 1.53. The first-order valence-corrected chi connectivity index (χ1v) is 4.12. The quantitative estimate of drug-likeness (QED) is 0.723. The minimum absolute atomic E-state index is 0.114. The van der Waals surface area contributed by atoms with Gasteiger partial charge in [0.05, 0.1) is 12.6 Å². The van der Waals surface area contributed by atoms with Gasteiger partial charge in [0.1, 0.15) is 5.52 Å². The van der Waals surface area contributed by atoms with Crippen LogP contribution in [0.3, 0.4) is 0 Å². The van der Waals surface area contributed by atoms with E-state index in [2.05, 4.69) is 15.2 Å². The second kappa shape index (κ2) is 3.10. The molecule has 2 rings (SSSR count). The van der Waals surface area contributed by atoms with Crippen LogP contribution in [0.15, 0.2) is 12.1 Å². The zero-order valence-electron chi connectivity index (χ0n) is 7.87. The van der Waals surface area contributed by atoms with Crippen molar-refractivity contribution in [1.29, 1.82) is 0 Å². The van der Waals surface area contributed by atoms with E-state index in [0.29, 0.717) is 17.1 Å². The molecule has 0 bridgehead atoms. The van der Waals surface area contributed by atoms with Gasteiger partial charge in [-0.15, -0.1) is 0 Å². The molecule has 0 unspecified atom stereocenters. The topological polar surface area (TPSA) is 67.9 Å². The van der Waals surface area contributed by atoms with Gasteiger partial charge in [-0.25, -0.2) is 4.98 Å². The maximum atomic E-state index is 11.2. The number of hydrogen-bond donors (Lipinski definition) is 1. The summed E-state index contributed by atoms with van der Waals surface area (Å²) in [4.78, 5) is 15.3. The molecule has 0 spiro atoms. The predicted molar refractivity (Wildman–Crippen MR) is 50.4 cm³/mol. The first kappa shape index (κ1) is 8.68. The summed E-state index contributed by atoms with van der Waals surface area (Å²) in [5, 5.41) is 6.61. The van der Waals surface area contributed by atoms with Gasteiger partial charge in [-0.3, -0.25) is 9.89 Å². The van der Waals surface area contributed by atoms with Crippen LogP contribution in [0.5, 0.6) is 5.88 Å². The van der Waals surface area contributed by atoms with Gasteiger partial charge in [-0.1, -0.05) is 0 Å². The number of ketones is 1. The van der Waals surface area contributed by atoms with Crippen molar-refractivity contribution >= 4 is 16.8 Å². The maximum absolute atomic E-state index is 11.2. The lowest BCUT2D eigenvalue weighted by molar-refractivity contribution is 0.101. The van der Waals surface area contributed by atoms with Crippen LogP contribution < -0.4 is 4.74 Å². The Morgan fingerprint density at radius 2 is 2.29 bits per heavy atom. The standard InChI is InChI=1S/C9H9N3O2/c1-5(13)8-9-6(11-12-8)3-4-7(10-9)14-2/h3-4H,1-2H3,(H,11,12). The number of hydrogen-bond acceptors (Lipinski definition) is 4. The number of carbonyl (C=O) groups is 1. The van der Waals surface area contributed by atoms with E-state index in [9.17, 15) is 4.79 Å². The molecule has 0 saturated carbocycles. The molecule has 5 heteroatoms.